The number of thiocarbonyl (C=S) groups is 1. The standard InChI is InChI=1S/C11H15Cl2N2O3PS/c1-3-17-19(16,18-4-2)15-11(20)14-10-6-8(12)5-9(13)7-10/h5-7H,3-4H2,1-2H3,(H2,14,15,16,20). The molecule has 20 heavy (non-hydrogen) atoms. The lowest BCUT2D eigenvalue weighted by Gasteiger charge is -2.19. The molecule has 0 aromatic heterocycles. The van der Waals surface area contributed by atoms with Gasteiger partial charge in [-0.05, 0) is 44.3 Å². The summed E-state index contributed by atoms with van der Waals surface area (Å²) in [6.07, 6.45) is 0. The summed E-state index contributed by atoms with van der Waals surface area (Å²) in [6.45, 7) is 3.88. The predicted molar refractivity (Wildman–Crippen MR) is 86.7 cm³/mol. The minimum atomic E-state index is -3.46. The van der Waals surface area contributed by atoms with Gasteiger partial charge in [-0.1, -0.05) is 23.2 Å². The van der Waals surface area contributed by atoms with E-state index >= 15 is 0 Å². The van der Waals surface area contributed by atoms with Crippen LogP contribution in [-0.2, 0) is 13.6 Å². The Morgan fingerprint density at radius 3 is 2.15 bits per heavy atom. The Morgan fingerprint density at radius 2 is 1.70 bits per heavy atom. The van der Waals surface area contributed by atoms with Crippen molar-refractivity contribution in [2.75, 3.05) is 18.5 Å². The fourth-order valence-electron chi connectivity index (χ4n) is 1.35. The van der Waals surface area contributed by atoms with Crippen molar-refractivity contribution in [2.45, 2.75) is 13.8 Å². The highest BCUT2D eigenvalue weighted by atomic mass is 35.5. The smallest absolute Gasteiger partial charge is 0.332 e. The molecular formula is C11H15Cl2N2O3PS. The van der Waals surface area contributed by atoms with Gasteiger partial charge >= 0.3 is 7.75 Å². The molecule has 0 bridgehead atoms. The molecule has 112 valence electrons. The van der Waals surface area contributed by atoms with Crippen molar-refractivity contribution < 1.29 is 13.6 Å². The van der Waals surface area contributed by atoms with E-state index in [9.17, 15) is 4.57 Å². The molecule has 1 aromatic rings. The minimum absolute atomic E-state index is 0.0913. The van der Waals surface area contributed by atoms with E-state index in [2.05, 4.69) is 10.4 Å². The number of benzene rings is 1. The topological polar surface area (TPSA) is 59.6 Å². The number of nitrogens with one attached hydrogen (secondary N) is 2. The van der Waals surface area contributed by atoms with Gasteiger partial charge in [0, 0.05) is 15.7 Å². The van der Waals surface area contributed by atoms with E-state index in [1.165, 1.54) is 0 Å². The molecule has 5 nitrogen and oxygen atoms in total. The van der Waals surface area contributed by atoms with E-state index in [1.807, 2.05) is 0 Å². The van der Waals surface area contributed by atoms with Crippen molar-refractivity contribution in [1.82, 2.24) is 5.09 Å². The Kier molecular flexibility index (Phi) is 7.23. The number of hydrogen-bond acceptors (Lipinski definition) is 4. The van der Waals surface area contributed by atoms with Crippen LogP contribution in [0.4, 0.5) is 5.69 Å². The lowest BCUT2D eigenvalue weighted by molar-refractivity contribution is 0.216. The van der Waals surface area contributed by atoms with Crippen molar-refractivity contribution in [1.29, 1.82) is 0 Å². The average molecular weight is 357 g/mol. The molecule has 0 saturated carbocycles. The maximum absolute atomic E-state index is 12.2. The van der Waals surface area contributed by atoms with Crippen LogP contribution in [0.5, 0.6) is 0 Å². The Labute approximate surface area is 133 Å². The van der Waals surface area contributed by atoms with Crippen LogP contribution in [0.1, 0.15) is 13.8 Å². The molecule has 0 unspecified atom stereocenters. The molecule has 0 aliphatic rings. The second-order valence-corrected chi connectivity index (χ2v) is 6.57. The minimum Gasteiger partial charge on any atom is -0.332 e. The second-order valence-electron chi connectivity index (χ2n) is 3.56. The number of halogens is 2. The van der Waals surface area contributed by atoms with E-state index in [4.69, 9.17) is 44.5 Å². The summed E-state index contributed by atoms with van der Waals surface area (Å²) in [6, 6.07) is 4.86. The zero-order chi connectivity index (χ0) is 15.2. The number of rotatable bonds is 6. The first kappa shape index (κ1) is 17.7. The van der Waals surface area contributed by atoms with Crippen molar-refractivity contribution in [3.8, 4) is 0 Å². The van der Waals surface area contributed by atoms with E-state index in [0.29, 0.717) is 15.7 Å². The molecule has 0 spiro atoms. The van der Waals surface area contributed by atoms with Crippen molar-refractivity contribution >= 4 is 54.0 Å². The molecule has 1 rings (SSSR count). The Bertz CT molecular complexity index is 500. The van der Waals surface area contributed by atoms with E-state index in [-0.39, 0.29) is 18.3 Å². The van der Waals surface area contributed by atoms with Gasteiger partial charge in [-0.15, -0.1) is 0 Å². The molecule has 0 aliphatic heterocycles. The van der Waals surface area contributed by atoms with Crippen LogP contribution >= 0.6 is 43.2 Å². The van der Waals surface area contributed by atoms with Gasteiger partial charge in [-0.2, -0.15) is 0 Å². The Hall–Kier alpha value is -0.360. The summed E-state index contributed by atoms with van der Waals surface area (Å²) in [5, 5.41) is 6.35. The van der Waals surface area contributed by atoms with Gasteiger partial charge < -0.3 is 5.32 Å². The number of anilines is 1. The summed E-state index contributed by atoms with van der Waals surface area (Å²) in [7, 11) is -3.46. The van der Waals surface area contributed by atoms with E-state index in [0.717, 1.165) is 0 Å². The first-order chi connectivity index (χ1) is 9.38. The summed E-state index contributed by atoms with van der Waals surface area (Å²) >= 11 is 16.8. The normalized spacial score (nSPS) is 11.2. The Morgan fingerprint density at radius 1 is 1.20 bits per heavy atom. The quantitative estimate of drug-likeness (QED) is 0.579. The van der Waals surface area contributed by atoms with Crippen LogP contribution in [0.3, 0.4) is 0 Å². The van der Waals surface area contributed by atoms with Gasteiger partial charge in [-0.3, -0.25) is 14.1 Å². The number of hydrogen-bond donors (Lipinski definition) is 2. The predicted octanol–water partition coefficient (Wildman–Crippen LogP) is 4.46. The summed E-state index contributed by atoms with van der Waals surface area (Å²) in [4.78, 5) is 0. The summed E-state index contributed by atoms with van der Waals surface area (Å²) in [5.74, 6) is 0. The summed E-state index contributed by atoms with van der Waals surface area (Å²) in [5.41, 5.74) is 0.569. The van der Waals surface area contributed by atoms with Crippen LogP contribution in [0.25, 0.3) is 0 Å². The molecule has 0 aliphatic carbocycles. The van der Waals surface area contributed by atoms with Gasteiger partial charge in [0.1, 0.15) is 0 Å². The van der Waals surface area contributed by atoms with Gasteiger partial charge in [0.15, 0.2) is 5.11 Å². The lowest BCUT2D eigenvalue weighted by Crippen LogP contribution is -2.27. The van der Waals surface area contributed by atoms with Crippen molar-refractivity contribution in [3.63, 3.8) is 0 Å². The molecule has 0 radical (unpaired) electrons. The molecule has 0 atom stereocenters. The van der Waals surface area contributed by atoms with Crippen LogP contribution in [0.2, 0.25) is 10.0 Å². The third-order valence-electron chi connectivity index (χ3n) is 1.96. The molecule has 1 aromatic carbocycles. The van der Waals surface area contributed by atoms with Crippen LogP contribution in [0, 0.1) is 0 Å². The first-order valence-corrected chi connectivity index (χ1v) is 8.53. The average Bonchev–Trinajstić information content (AvgIpc) is 2.26. The van der Waals surface area contributed by atoms with E-state index < -0.39 is 7.75 Å². The molecule has 0 saturated heterocycles. The van der Waals surface area contributed by atoms with Gasteiger partial charge in [0.2, 0.25) is 0 Å². The third-order valence-corrected chi connectivity index (χ3v) is 4.44. The highest BCUT2D eigenvalue weighted by Crippen LogP contribution is 2.43. The SMILES string of the molecule is CCOP(=O)(NC(=S)Nc1cc(Cl)cc(Cl)c1)OCC. The molecule has 2 N–H and O–H groups in total. The second kappa shape index (κ2) is 8.17. The third kappa shape index (κ3) is 5.95. The van der Waals surface area contributed by atoms with Gasteiger partial charge in [0.25, 0.3) is 0 Å². The van der Waals surface area contributed by atoms with Gasteiger partial charge in [0.05, 0.1) is 13.2 Å². The molecule has 0 amide bonds. The molecular weight excluding hydrogens is 342 g/mol. The van der Waals surface area contributed by atoms with E-state index in [1.54, 1.807) is 32.0 Å². The maximum Gasteiger partial charge on any atom is 0.434 e. The monoisotopic (exact) mass is 356 g/mol. The lowest BCUT2D eigenvalue weighted by atomic mass is 10.3. The fourth-order valence-corrected chi connectivity index (χ4v) is 3.52. The largest absolute Gasteiger partial charge is 0.434 e. The highest BCUT2D eigenvalue weighted by molar-refractivity contribution is 7.81. The van der Waals surface area contributed by atoms with Gasteiger partial charge in [-0.25, -0.2) is 4.57 Å². The highest BCUT2D eigenvalue weighted by Gasteiger charge is 2.24. The van der Waals surface area contributed by atoms with Crippen molar-refractivity contribution in [3.05, 3.63) is 28.2 Å². The van der Waals surface area contributed by atoms with Crippen LogP contribution < -0.4 is 10.4 Å². The zero-order valence-corrected chi connectivity index (χ0v) is 14.2. The Balaban J connectivity index is 2.72. The molecule has 0 heterocycles. The van der Waals surface area contributed by atoms with Crippen LogP contribution in [-0.4, -0.2) is 18.3 Å². The zero-order valence-electron chi connectivity index (χ0n) is 11.0. The van der Waals surface area contributed by atoms with Crippen LogP contribution in [0.15, 0.2) is 18.2 Å². The summed E-state index contributed by atoms with van der Waals surface area (Å²) < 4.78 is 22.3. The first-order valence-electron chi connectivity index (χ1n) is 5.83. The van der Waals surface area contributed by atoms with Crippen molar-refractivity contribution in [2.24, 2.45) is 0 Å². The molecule has 9 heteroatoms. The molecule has 0 fully saturated rings. The maximum atomic E-state index is 12.2. The fraction of sp³-hybridized carbons (Fsp3) is 0.364.